The van der Waals surface area contributed by atoms with Crippen LogP contribution in [0.4, 0.5) is 4.79 Å². The molecule has 1 atom stereocenters. The van der Waals surface area contributed by atoms with Crippen LogP contribution in [-0.4, -0.2) is 36.4 Å². The molecular formula is C20H19N3O4. The first-order valence-corrected chi connectivity index (χ1v) is 8.60. The van der Waals surface area contributed by atoms with Crippen molar-refractivity contribution < 1.29 is 19.1 Å². The molecule has 0 saturated carbocycles. The molecule has 27 heavy (non-hydrogen) atoms. The molecule has 0 aliphatic carbocycles. The number of hydrogen-bond donors (Lipinski definition) is 2. The molecule has 7 nitrogen and oxygen atoms in total. The maximum absolute atomic E-state index is 12.8. The number of nitrogens with zero attached hydrogens (tertiary/aromatic N) is 1. The quantitative estimate of drug-likeness (QED) is 0.808. The van der Waals surface area contributed by atoms with Gasteiger partial charge in [0.05, 0.1) is 13.7 Å². The van der Waals surface area contributed by atoms with E-state index in [0.29, 0.717) is 23.4 Å². The lowest BCUT2D eigenvalue weighted by Gasteiger charge is -2.31. The number of amides is 4. The van der Waals surface area contributed by atoms with Gasteiger partial charge in [0, 0.05) is 12.1 Å². The molecule has 0 bridgehead atoms. The van der Waals surface area contributed by atoms with Gasteiger partial charge in [-0.05, 0) is 36.2 Å². The van der Waals surface area contributed by atoms with Crippen molar-refractivity contribution in [3.8, 4) is 5.75 Å². The van der Waals surface area contributed by atoms with Crippen molar-refractivity contribution in [2.75, 3.05) is 13.7 Å². The zero-order chi connectivity index (χ0) is 19.2. The Bertz CT molecular complexity index is 954. The summed E-state index contributed by atoms with van der Waals surface area (Å²) in [5, 5.41) is 5.03. The zero-order valence-corrected chi connectivity index (χ0v) is 15.0. The van der Waals surface area contributed by atoms with Crippen molar-refractivity contribution in [2.24, 2.45) is 0 Å². The van der Waals surface area contributed by atoms with Crippen LogP contribution < -0.4 is 15.4 Å². The van der Waals surface area contributed by atoms with E-state index in [4.69, 9.17) is 4.74 Å². The number of fused-ring (bicyclic) bond motifs is 1. The van der Waals surface area contributed by atoms with Crippen LogP contribution >= 0.6 is 0 Å². The van der Waals surface area contributed by atoms with E-state index in [-0.39, 0.29) is 12.5 Å². The number of carbonyl (C=O) groups excluding carboxylic acids is 3. The molecule has 0 aromatic heterocycles. The molecule has 2 aromatic rings. The lowest BCUT2D eigenvalue weighted by atomic mass is 9.88. The van der Waals surface area contributed by atoms with Gasteiger partial charge in [-0.2, -0.15) is 0 Å². The van der Waals surface area contributed by atoms with Gasteiger partial charge >= 0.3 is 6.03 Å². The number of urea groups is 1. The summed E-state index contributed by atoms with van der Waals surface area (Å²) in [6.07, 6.45) is 0. The Morgan fingerprint density at radius 2 is 1.85 bits per heavy atom. The summed E-state index contributed by atoms with van der Waals surface area (Å²) < 4.78 is 5.22. The molecule has 4 rings (SSSR count). The number of methoxy groups -OCH3 is 1. The number of hydrogen-bond acceptors (Lipinski definition) is 4. The fraction of sp³-hybridized carbons (Fsp3) is 0.250. The van der Waals surface area contributed by atoms with E-state index in [0.717, 1.165) is 11.1 Å². The summed E-state index contributed by atoms with van der Waals surface area (Å²) in [7, 11) is 1.57. The van der Waals surface area contributed by atoms with Crippen LogP contribution in [0.1, 0.15) is 27.0 Å². The maximum atomic E-state index is 12.8. The van der Waals surface area contributed by atoms with Gasteiger partial charge in [0.25, 0.3) is 11.8 Å². The highest BCUT2D eigenvalue weighted by Crippen LogP contribution is 2.32. The predicted octanol–water partition coefficient (Wildman–Crippen LogP) is 1.69. The number of carbonyl (C=O) groups is 3. The topological polar surface area (TPSA) is 87.7 Å². The largest absolute Gasteiger partial charge is 0.497 e. The first kappa shape index (κ1) is 17.1. The molecular weight excluding hydrogens is 346 g/mol. The van der Waals surface area contributed by atoms with Gasteiger partial charge in [-0.1, -0.05) is 29.8 Å². The second-order valence-corrected chi connectivity index (χ2v) is 6.86. The molecule has 2 aromatic carbocycles. The summed E-state index contributed by atoms with van der Waals surface area (Å²) in [5.74, 6) is 0.0364. The van der Waals surface area contributed by atoms with Gasteiger partial charge in [0.15, 0.2) is 5.54 Å². The molecule has 0 radical (unpaired) electrons. The van der Waals surface area contributed by atoms with Crippen LogP contribution in [0.2, 0.25) is 0 Å². The number of benzene rings is 2. The number of ether oxygens (including phenoxy) is 1. The molecule has 138 valence electrons. The van der Waals surface area contributed by atoms with Crippen LogP contribution in [0.25, 0.3) is 0 Å². The van der Waals surface area contributed by atoms with Crippen molar-refractivity contribution in [1.29, 1.82) is 0 Å². The fourth-order valence-corrected chi connectivity index (χ4v) is 3.63. The van der Waals surface area contributed by atoms with E-state index in [1.54, 1.807) is 36.3 Å². The van der Waals surface area contributed by atoms with Crippen molar-refractivity contribution in [2.45, 2.75) is 19.0 Å². The minimum absolute atomic E-state index is 0.0451. The average molecular weight is 365 g/mol. The second-order valence-electron chi connectivity index (χ2n) is 6.86. The molecule has 2 aliphatic heterocycles. The highest BCUT2D eigenvalue weighted by molar-refractivity contribution is 6.08. The summed E-state index contributed by atoms with van der Waals surface area (Å²) in [5.41, 5.74) is 1.78. The Balaban J connectivity index is 1.69. The minimum atomic E-state index is -1.31. The molecule has 1 saturated heterocycles. The molecule has 7 heteroatoms. The third kappa shape index (κ3) is 2.71. The van der Waals surface area contributed by atoms with Crippen molar-refractivity contribution in [3.05, 3.63) is 64.7 Å². The number of aryl methyl sites for hydroxylation is 1. The second kappa shape index (κ2) is 6.12. The van der Waals surface area contributed by atoms with Crippen LogP contribution in [-0.2, 0) is 16.9 Å². The predicted molar refractivity (Wildman–Crippen MR) is 97.3 cm³/mol. The minimum Gasteiger partial charge on any atom is -0.497 e. The van der Waals surface area contributed by atoms with Crippen LogP contribution in [0.5, 0.6) is 5.75 Å². The highest BCUT2D eigenvalue weighted by atomic mass is 16.5. The van der Waals surface area contributed by atoms with E-state index in [1.165, 1.54) is 0 Å². The molecule has 1 fully saturated rings. The van der Waals surface area contributed by atoms with Crippen molar-refractivity contribution in [1.82, 2.24) is 15.5 Å². The maximum Gasteiger partial charge on any atom is 0.322 e. The van der Waals surface area contributed by atoms with E-state index in [1.807, 2.05) is 25.1 Å². The third-order valence-electron chi connectivity index (χ3n) is 5.11. The lowest BCUT2D eigenvalue weighted by Crippen LogP contribution is -2.52. The molecule has 2 aliphatic rings. The number of nitrogens with one attached hydrogen (secondary N) is 2. The molecule has 2 heterocycles. The standard InChI is InChI=1S/C20H19N3O4/c1-12-3-5-14(6-4-12)20(18(25)21-19(26)22-20)11-23-10-13-9-15(27-2)7-8-16(13)17(23)24/h3-9H,10-11H2,1-2H3,(H2,21,22,25,26). The van der Waals surface area contributed by atoms with Crippen LogP contribution in [0.3, 0.4) is 0 Å². The highest BCUT2D eigenvalue weighted by Gasteiger charge is 2.50. The molecule has 2 N–H and O–H groups in total. The van der Waals surface area contributed by atoms with E-state index in [2.05, 4.69) is 10.6 Å². The summed E-state index contributed by atoms with van der Waals surface area (Å²) in [6, 6.07) is 12.1. The van der Waals surface area contributed by atoms with E-state index in [9.17, 15) is 14.4 Å². The first-order chi connectivity index (χ1) is 12.9. The Labute approximate surface area is 156 Å². The SMILES string of the molecule is COc1ccc2c(c1)CN(CC1(c3ccc(C)cc3)NC(=O)NC1=O)C2=O. The third-order valence-corrected chi connectivity index (χ3v) is 5.11. The van der Waals surface area contributed by atoms with Gasteiger partial charge < -0.3 is 15.0 Å². The Morgan fingerprint density at radius 1 is 1.11 bits per heavy atom. The number of imide groups is 1. The zero-order valence-electron chi connectivity index (χ0n) is 15.0. The monoisotopic (exact) mass is 365 g/mol. The number of rotatable bonds is 4. The van der Waals surface area contributed by atoms with E-state index < -0.39 is 17.5 Å². The molecule has 4 amide bonds. The molecule has 1 unspecified atom stereocenters. The Morgan fingerprint density at radius 3 is 2.48 bits per heavy atom. The lowest BCUT2D eigenvalue weighted by molar-refractivity contribution is -0.124. The normalized spacial score (nSPS) is 21.1. The van der Waals surface area contributed by atoms with Crippen molar-refractivity contribution in [3.63, 3.8) is 0 Å². The van der Waals surface area contributed by atoms with Gasteiger partial charge in [-0.25, -0.2) is 4.79 Å². The van der Waals surface area contributed by atoms with Crippen molar-refractivity contribution >= 4 is 17.8 Å². The Hall–Kier alpha value is -3.35. The van der Waals surface area contributed by atoms with Gasteiger partial charge in [-0.15, -0.1) is 0 Å². The van der Waals surface area contributed by atoms with Crippen LogP contribution in [0, 0.1) is 6.92 Å². The van der Waals surface area contributed by atoms with Gasteiger partial charge in [0.1, 0.15) is 5.75 Å². The smallest absolute Gasteiger partial charge is 0.322 e. The van der Waals surface area contributed by atoms with E-state index >= 15 is 0 Å². The fourth-order valence-electron chi connectivity index (χ4n) is 3.63. The van der Waals surface area contributed by atoms with Gasteiger partial charge in [-0.3, -0.25) is 14.9 Å². The summed E-state index contributed by atoms with van der Waals surface area (Å²) in [4.78, 5) is 39.0. The summed E-state index contributed by atoms with van der Waals surface area (Å²) in [6.45, 7) is 2.34. The van der Waals surface area contributed by atoms with Crippen LogP contribution in [0.15, 0.2) is 42.5 Å². The molecule has 0 spiro atoms. The average Bonchev–Trinajstić information content (AvgIpc) is 3.11. The first-order valence-electron chi connectivity index (χ1n) is 8.60. The summed E-state index contributed by atoms with van der Waals surface area (Å²) >= 11 is 0. The Kier molecular flexibility index (Phi) is 3.87. The van der Waals surface area contributed by atoms with Gasteiger partial charge in [0.2, 0.25) is 0 Å².